The molecule has 0 unspecified atom stereocenters. The molecular formula is C20H23ClN2O5S. The Kier molecular flexibility index (Phi) is 7.13. The predicted molar refractivity (Wildman–Crippen MR) is 110 cm³/mol. The molecule has 0 spiro atoms. The number of carbonyl (C=O) groups is 1. The number of hydrogen-bond donors (Lipinski definition) is 1. The number of sulfonamides is 1. The van der Waals surface area contributed by atoms with Crippen LogP contribution in [0.5, 0.6) is 5.75 Å². The third-order valence-corrected chi connectivity index (χ3v) is 6.40. The molecule has 2 aromatic rings. The Morgan fingerprint density at radius 1 is 1.21 bits per heavy atom. The maximum atomic E-state index is 12.5. The van der Waals surface area contributed by atoms with Gasteiger partial charge in [-0.2, -0.15) is 0 Å². The van der Waals surface area contributed by atoms with Gasteiger partial charge >= 0.3 is 0 Å². The summed E-state index contributed by atoms with van der Waals surface area (Å²) in [5, 5.41) is 0.122. The standard InChI is InChI=1S/C20H23ClN2O5S/c1-27-11-9-22-29(25,26)17-6-7-19(18(21)12-17)28-14-20(24)23-10-8-15-4-2-3-5-16(15)13-23/h2-7,12,22H,8-11,13-14H2,1H3. The highest BCUT2D eigenvalue weighted by molar-refractivity contribution is 7.89. The number of halogens is 1. The molecule has 29 heavy (non-hydrogen) atoms. The van der Waals surface area contributed by atoms with Crippen LogP contribution in [-0.2, 0) is 32.5 Å². The molecule has 0 saturated heterocycles. The van der Waals surface area contributed by atoms with E-state index in [9.17, 15) is 13.2 Å². The van der Waals surface area contributed by atoms with E-state index in [1.54, 1.807) is 4.90 Å². The predicted octanol–water partition coefficient (Wildman–Crippen LogP) is 2.23. The first-order chi connectivity index (χ1) is 13.9. The maximum Gasteiger partial charge on any atom is 0.260 e. The summed E-state index contributed by atoms with van der Waals surface area (Å²) in [4.78, 5) is 14.3. The Morgan fingerprint density at radius 2 is 1.97 bits per heavy atom. The van der Waals surface area contributed by atoms with E-state index in [1.807, 2.05) is 18.2 Å². The van der Waals surface area contributed by atoms with Crippen molar-refractivity contribution in [3.63, 3.8) is 0 Å². The molecule has 7 nitrogen and oxygen atoms in total. The molecule has 3 rings (SSSR count). The first kappa shape index (κ1) is 21.6. The van der Waals surface area contributed by atoms with Crippen molar-refractivity contribution in [3.05, 3.63) is 58.6 Å². The number of hydrogen-bond acceptors (Lipinski definition) is 5. The van der Waals surface area contributed by atoms with Crippen molar-refractivity contribution in [2.24, 2.45) is 0 Å². The van der Waals surface area contributed by atoms with Crippen LogP contribution < -0.4 is 9.46 Å². The Labute approximate surface area is 175 Å². The molecular weight excluding hydrogens is 416 g/mol. The van der Waals surface area contributed by atoms with Gasteiger partial charge in [-0.25, -0.2) is 13.1 Å². The molecule has 0 atom stereocenters. The molecule has 0 radical (unpaired) electrons. The third-order valence-electron chi connectivity index (χ3n) is 4.65. The Morgan fingerprint density at radius 3 is 2.69 bits per heavy atom. The summed E-state index contributed by atoms with van der Waals surface area (Å²) in [6.07, 6.45) is 0.811. The fraction of sp³-hybridized carbons (Fsp3) is 0.350. The fourth-order valence-electron chi connectivity index (χ4n) is 3.07. The van der Waals surface area contributed by atoms with Gasteiger partial charge in [0.05, 0.1) is 16.5 Å². The molecule has 1 N–H and O–H groups in total. The zero-order chi connectivity index (χ0) is 20.9. The van der Waals surface area contributed by atoms with Gasteiger partial charge in [0.15, 0.2) is 6.61 Å². The van der Waals surface area contributed by atoms with Crippen LogP contribution in [0.1, 0.15) is 11.1 Å². The summed E-state index contributed by atoms with van der Waals surface area (Å²) in [5.74, 6) is 0.113. The van der Waals surface area contributed by atoms with E-state index in [4.69, 9.17) is 21.1 Å². The van der Waals surface area contributed by atoms with E-state index in [0.29, 0.717) is 13.1 Å². The highest BCUT2D eigenvalue weighted by Gasteiger charge is 2.21. The second kappa shape index (κ2) is 9.58. The van der Waals surface area contributed by atoms with Crippen molar-refractivity contribution in [2.75, 3.05) is 33.4 Å². The molecule has 1 aliphatic rings. The lowest BCUT2D eigenvalue weighted by Gasteiger charge is -2.28. The lowest BCUT2D eigenvalue weighted by Crippen LogP contribution is -2.38. The van der Waals surface area contributed by atoms with Crippen LogP contribution in [0.4, 0.5) is 0 Å². The summed E-state index contributed by atoms with van der Waals surface area (Å²) < 4.78 is 37.2. The van der Waals surface area contributed by atoms with Gasteiger partial charge in [0.2, 0.25) is 10.0 Å². The average Bonchev–Trinajstić information content (AvgIpc) is 2.72. The molecule has 0 bridgehead atoms. The molecule has 0 aliphatic carbocycles. The van der Waals surface area contributed by atoms with E-state index < -0.39 is 10.0 Å². The second-order valence-electron chi connectivity index (χ2n) is 6.61. The summed E-state index contributed by atoms with van der Waals surface area (Å²) >= 11 is 6.17. The van der Waals surface area contributed by atoms with Crippen molar-refractivity contribution in [1.29, 1.82) is 0 Å². The van der Waals surface area contributed by atoms with Gasteiger partial charge < -0.3 is 14.4 Å². The Bertz CT molecular complexity index is 981. The Balaban J connectivity index is 1.59. The smallest absolute Gasteiger partial charge is 0.260 e. The van der Waals surface area contributed by atoms with Crippen LogP contribution in [0.25, 0.3) is 0 Å². The second-order valence-corrected chi connectivity index (χ2v) is 8.78. The van der Waals surface area contributed by atoms with Crippen LogP contribution in [0.3, 0.4) is 0 Å². The van der Waals surface area contributed by atoms with E-state index in [-0.39, 0.29) is 41.3 Å². The topological polar surface area (TPSA) is 84.9 Å². The first-order valence-electron chi connectivity index (χ1n) is 9.16. The number of amides is 1. The van der Waals surface area contributed by atoms with Gasteiger partial charge in [-0.05, 0) is 35.7 Å². The van der Waals surface area contributed by atoms with Gasteiger partial charge in [0, 0.05) is 26.7 Å². The summed E-state index contributed by atoms with van der Waals surface area (Å²) in [5.41, 5.74) is 2.40. The normalized spacial score (nSPS) is 13.8. The summed E-state index contributed by atoms with van der Waals surface area (Å²) in [6.45, 7) is 1.44. The minimum absolute atomic E-state index is 0.0184. The van der Waals surface area contributed by atoms with Crippen molar-refractivity contribution in [3.8, 4) is 5.75 Å². The van der Waals surface area contributed by atoms with Gasteiger partial charge in [-0.1, -0.05) is 35.9 Å². The van der Waals surface area contributed by atoms with Crippen LogP contribution >= 0.6 is 11.6 Å². The lowest BCUT2D eigenvalue weighted by molar-refractivity contribution is -0.134. The van der Waals surface area contributed by atoms with E-state index in [0.717, 1.165) is 12.0 Å². The van der Waals surface area contributed by atoms with Crippen molar-refractivity contribution in [2.45, 2.75) is 17.9 Å². The largest absolute Gasteiger partial charge is 0.482 e. The summed E-state index contributed by atoms with van der Waals surface area (Å²) in [7, 11) is -2.21. The molecule has 1 amide bonds. The van der Waals surface area contributed by atoms with Crippen LogP contribution in [0.15, 0.2) is 47.4 Å². The number of rotatable bonds is 8. The van der Waals surface area contributed by atoms with E-state index in [2.05, 4.69) is 10.8 Å². The van der Waals surface area contributed by atoms with E-state index in [1.165, 1.54) is 30.9 Å². The molecule has 0 aromatic heterocycles. The molecule has 2 aromatic carbocycles. The van der Waals surface area contributed by atoms with Crippen molar-refractivity contribution >= 4 is 27.5 Å². The highest BCUT2D eigenvalue weighted by atomic mass is 35.5. The first-order valence-corrected chi connectivity index (χ1v) is 11.0. The molecule has 1 heterocycles. The third kappa shape index (κ3) is 5.48. The molecule has 0 saturated carbocycles. The zero-order valence-electron chi connectivity index (χ0n) is 16.1. The maximum absolute atomic E-state index is 12.5. The fourth-order valence-corrected chi connectivity index (χ4v) is 4.41. The number of fused-ring (bicyclic) bond motifs is 1. The number of nitrogens with zero attached hydrogens (tertiary/aromatic N) is 1. The minimum atomic E-state index is -3.69. The number of methoxy groups -OCH3 is 1. The Hall–Kier alpha value is -2.13. The quantitative estimate of drug-likeness (QED) is 0.639. The molecule has 9 heteroatoms. The van der Waals surface area contributed by atoms with Crippen molar-refractivity contribution < 1.29 is 22.7 Å². The number of carbonyl (C=O) groups excluding carboxylic acids is 1. The van der Waals surface area contributed by atoms with Gasteiger partial charge in [-0.3, -0.25) is 4.79 Å². The highest BCUT2D eigenvalue weighted by Crippen LogP contribution is 2.27. The van der Waals surface area contributed by atoms with Crippen LogP contribution in [0, 0.1) is 0 Å². The van der Waals surface area contributed by atoms with Crippen LogP contribution in [-0.4, -0.2) is 52.6 Å². The molecule has 0 fully saturated rings. The molecule has 1 aliphatic heterocycles. The summed E-state index contributed by atoms with van der Waals surface area (Å²) in [6, 6.07) is 12.2. The number of ether oxygens (including phenoxy) is 2. The SMILES string of the molecule is COCCNS(=O)(=O)c1ccc(OCC(=O)N2CCc3ccccc3C2)c(Cl)c1. The van der Waals surface area contributed by atoms with Crippen LogP contribution in [0.2, 0.25) is 5.02 Å². The van der Waals surface area contributed by atoms with Gasteiger partial charge in [-0.15, -0.1) is 0 Å². The lowest BCUT2D eigenvalue weighted by atomic mass is 10.00. The van der Waals surface area contributed by atoms with Gasteiger partial charge in [0.1, 0.15) is 5.75 Å². The minimum Gasteiger partial charge on any atom is -0.482 e. The van der Waals surface area contributed by atoms with E-state index >= 15 is 0 Å². The number of benzene rings is 2. The monoisotopic (exact) mass is 438 g/mol. The molecule has 156 valence electrons. The zero-order valence-corrected chi connectivity index (χ0v) is 17.6. The average molecular weight is 439 g/mol. The van der Waals surface area contributed by atoms with Gasteiger partial charge in [0.25, 0.3) is 5.91 Å². The number of nitrogens with one attached hydrogen (secondary N) is 1. The van der Waals surface area contributed by atoms with Crippen molar-refractivity contribution in [1.82, 2.24) is 9.62 Å².